The van der Waals surface area contributed by atoms with Crippen LogP contribution in [0.15, 0.2) is 6.07 Å². The van der Waals surface area contributed by atoms with Gasteiger partial charge in [-0.2, -0.15) is 0 Å². The Hall–Kier alpha value is -1.36. The van der Waals surface area contributed by atoms with Gasteiger partial charge in [0.05, 0.1) is 0 Å². The third kappa shape index (κ3) is 5.74. The van der Waals surface area contributed by atoms with Gasteiger partial charge < -0.3 is 15.1 Å². The monoisotopic (exact) mass is 279 g/mol. The van der Waals surface area contributed by atoms with Gasteiger partial charge in [0.2, 0.25) is 0 Å². The molecule has 1 heterocycles. The van der Waals surface area contributed by atoms with Gasteiger partial charge in [0, 0.05) is 32.2 Å². The molecule has 0 aliphatic carbocycles. The highest BCUT2D eigenvalue weighted by Gasteiger charge is 2.09. The quantitative estimate of drug-likeness (QED) is 0.752. The van der Waals surface area contributed by atoms with Gasteiger partial charge in [-0.15, -0.1) is 0 Å². The Kier molecular flexibility index (Phi) is 7.30. The highest BCUT2D eigenvalue weighted by atomic mass is 15.2. The fourth-order valence-corrected chi connectivity index (χ4v) is 2.09. The van der Waals surface area contributed by atoms with Gasteiger partial charge in [-0.25, -0.2) is 9.97 Å². The minimum absolute atomic E-state index is 0.826. The van der Waals surface area contributed by atoms with E-state index >= 15 is 0 Å². The summed E-state index contributed by atoms with van der Waals surface area (Å²) in [7, 11) is 4.14. The van der Waals surface area contributed by atoms with Crippen LogP contribution in [0.5, 0.6) is 0 Å². The van der Waals surface area contributed by atoms with E-state index in [1.807, 2.05) is 6.92 Å². The molecule has 0 spiro atoms. The molecule has 1 aromatic heterocycles. The molecule has 20 heavy (non-hydrogen) atoms. The van der Waals surface area contributed by atoms with Gasteiger partial charge in [0.15, 0.2) is 0 Å². The molecule has 0 saturated heterocycles. The smallest absolute Gasteiger partial charge is 0.134 e. The summed E-state index contributed by atoms with van der Waals surface area (Å²) in [5, 5.41) is 3.38. The Morgan fingerprint density at radius 3 is 2.25 bits per heavy atom. The molecule has 0 fully saturated rings. The molecule has 5 nitrogen and oxygen atoms in total. The lowest BCUT2D eigenvalue weighted by Gasteiger charge is -2.23. The largest absolute Gasteiger partial charge is 0.369 e. The lowest BCUT2D eigenvalue weighted by atomic mass is 10.3. The number of anilines is 2. The Balaban J connectivity index is 2.77. The van der Waals surface area contributed by atoms with Crippen LogP contribution in [-0.4, -0.2) is 55.1 Å². The van der Waals surface area contributed by atoms with Crippen molar-refractivity contribution in [2.24, 2.45) is 0 Å². The first-order valence-corrected chi connectivity index (χ1v) is 7.56. The van der Waals surface area contributed by atoms with E-state index in [0.29, 0.717) is 0 Å². The van der Waals surface area contributed by atoms with Crippen LogP contribution in [0.4, 0.5) is 11.6 Å². The average Bonchev–Trinajstić information content (AvgIpc) is 2.37. The number of hydrogen-bond donors (Lipinski definition) is 1. The molecule has 114 valence electrons. The SMILES string of the molecule is CCCN(CCC)c1cc(NCCN(C)C)nc(C)n1. The topological polar surface area (TPSA) is 44.3 Å². The van der Waals surface area contributed by atoms with Crippen LogP contribution in [0, 0.1) is 6.92 Å². The van der Waals surface area contributed by atoms with Crippen molar-refractivity contribution in [2.45, 2.75) is 33.6 Å². The summed E-state index contributed by atoms with van der Waals surface area (Å²) < 4.78 is 0. The number of likely N-dealkylation sites (N-methyl/N-ethyl adjacent to an activating group) is 1. The van der Waals surface area contributed by atoms with Crippen LogP contribution in [-0.2, 0) is 0 Å². The molecule has 0 aromatic carbocycles. The maximum atomic E-state index is 4.58. The van der Waals surface area contributed by atoms with Crippen molar-refractivity contribution >= 4 is 11.6 Å². The molecule has 0 amide bonds. The predicted molar refractivity (Wildman–Crippen MR) is 86.6 cm³/mol. The highest BCUT2D eigenvalue weighted by Crippen LogP contribution is 2.16. The first-order chi connectivity index (χ1) is 9.56. The molecule has 0 saturated carbocycles. The molecular formula is C15H29N5. The van der Waals surface area contributed by atoms with E-state index in [9.17, 15) is 0 Å². The molecule has 1 aromatic rings. The average molecular weight is 279 g/mol. The van der Waals surface area contributed by atoms with Crippen LogP contribution in [0.1, 0.15) is 32.5 Å². The number of nitrogens with zero attached hydrogens (tertiary/aromatic N) is 4. The number of aromatic nitrogens is 2. The van der Waals surface area contributed by atoms with Crippen molar-refractivity contribution in [3.63, 3.8) is 0 Å². The Morgan fingerprint density at radius 2 is 1.70 bits per heavy atom. The molecule has 1 N–H and O–H groups in total. The summed E-state index contributed by atoms with van der Waals surface area (Å²) in [5.74, 6) is 2.78. The zero-order valence-corrected chi connectivity index (χ0v) is 13.6. The summed E-state index contributed by atoms with van der Waals surface area (Å²) >= 11 is 0. The van der Waals surface area contributed by atoms with Crippen LogP contribution in [0.3, 0.4) is 0 Å². The van der Waals surface area contributed by atoms with Crippen LogP contribution < -0.4 is 10.2 Å². The second-order valence-corrected chi connectivity index (χ2v) is 5.38. The number of rotatable bonds is 9. The van der Waals surface area contributed by atoms with Crippen molar-refractivity contribution in [1.29, 1.82) is 0 Å². The Morgan fingerprint density at radius 1 is 1.05 bits per heavy atom. The van der Waals surface area contributed by atoms with Crippen molar-refractivity contribution < 1.29 is 0 Å². The zero-order chi connectivity index (χ0) is 15.0. The van der Waals surface area contributed by atoms with Crippen molar-refractivity contribution in [3.8, 4) is 0 Å². The summed E-state index contributed by atoms with van der Waals surface area (Å²) in [6.07, 6.45) is 2.26. The summed E-state index contributed by atoms with van der Waals surface area (Å²) in [5.41, 5.74) is 0. The molecule has 0 aliphatic heterocycles. The molecule has 0 bridgehead atoms. The second-order valence-electron chi connectivity index (χ2n) is 5.38. The van der Waals surface area contributed by atoms with Crippen molar-refractivity contribution in [2.75, 3.05) is 50.5 Å². The maximum absolute atomic E-state index is 4.58. The third-order valence-electron chi connectivity index (χ3n) is 3.00. The minimum Gasteiger partial charge on any atom is -0.369 e. The molecular weight excluding hydrogens is 250 g/mol. The van der Waals surface area contributed by atoms with Crippen LogP contribution in [0.2, 0.25) is 0 Å². The lowest BCUT2D eigenvalue weighted by Crippen LogP contribution is -2.26. The summed E-state index contributed by atoms with van der Waals surface area (Å²) in [6.45, 7) is 10.3. The Labute approximate surface area is 123 Å². The van der Waals surface area contributed by atoms with E-state index in [4.69, 9.17) is 0 Å². The first kappa shape index (κ1) is 16.7. The van der Waals surface area contributed by atoms with Gasteiger partial charge in [-0.1, -0.05) is 13.8 Å². The summed E-state index contributed by atoms with van der Waals surface area (Å²) in [6, 6.07) is 2.06. The summed E-state index contributed by atoms with van der Waals surface area (Å²) in [4.78, 5) is 13.5. The standard InChI is InChI=1S/C15H29N5/c1-6-9-20(10-7-2)15-12-14(17-13(3)18-15)16-8-11-19(4)5/h12H,6-11H2,1-5H3,(H,16,17,18). The van der Waals surface area contributed by atoms with E-state index in [1.54, 1.807) is 0 Å². The zero-order valence-electron chi connectivity index (χ0n) is 13.6. The van der Waals surface area contributed by atoms with Gasteiger partial charge in [0.25, 0.3) is 0 Å². The van der Waals surface area contributed by atoms with Crippen LogP contribution in [0.25, 0.3) is 0 Å². The Bertz CT molecular complexity index is 386. The fraction of sp³-hybridized carbons (Fsp3) is 0.733. The third-order valence-corrected chi connectivity index (χ3v) is 3.00. The van der Waals surface area contributed by atoms with Gasteiger partial charge in [0.1, 0.15) is 17.5 Å². The van der Waals surface area contributed by atoms with E-state index in [-0.39, 0.29) is 0 Å². The second kappa shape index (κ2) is 8.74. The van der Waals surface area contributed by atoms with Gasteiger partial charge in [-0.05, 0) is 33.9 Å². The van der Waals surface area contributed by atoms with Crippen molar-refractivity contribution in [1.82, 2.24) is 14.9 Å². The number of nitrogens with one attached hydrogen (secondary N) is 1. The highest BCUT2D eigenvalue weighted by molar-refractivity contribution is 5.49. The molecule has 0 radical (unpaired) electrons. The maximum Gasteiger partial charge on any atom is 0.134 e. The lowest BCUT2D eigenvalue weighted by molar-refractivity contribution is 0.425. The van der Waals surface area contributed by atoms with Gasteiger partial charge in [-0.3, -0.25) is 0 Å². The van der Waals surface area contributed by atoms with E-state index in [2.05, 4.69) is 59.1 Å². The van der Waals surface area contributed by atoms with E-state index in [0.717, 1.165) is 56.5 Å². The molecule has 0 atom stereocenters. The number of aryl methyl sites for hydroxylation is 1. The normalized spacial score (nSPS) is 10.9. The molecule has 5 heteroatoms. The minimum atomic E-state index is 0.826. The van der Waals surface area contributed by atoms with E-state index in [1.165, 1.54) is 0 Å². The molecule has 0 aliphatic rings. The predicted octanol–water partition coefficient (Wildman–Crippen LogP) is 2.38. The van der Waals surface area contributed by atoms with Gasteiger partial charge >= 0.3 is 0 Å². The van der Waals surface area contributed by atoms with E-state index < -0.39 is 0 Å². The van der Waals surface area contributed by atoms with Crippen LogP contribution >= 0.6 is 0 Å². The first-order valence-electron chi connectivity index (χ1n) is 7.56. The molecule has 1 rings (SSSR count). The van der Waals surface area contributed by atoms with Crippen molar-refractivity contribution in [3.05, 3.63) is 11.9 Å². The molecule has 0 unspecified atom stereocenters. The number of hydrogen-bond acceptors (Lipinski definition) is 5. The fourth-order valence-electron chi connectivity index (χ4n) is 2.09.